The Morgan fingerprint density at radius 1 is 0.900 bits per heavy atom. The maximum Gasteiger partial charge on any atom is 0.0459 e. The highest BCUT2D eigenvalue weighted by molar-refractivity contribution is 5.85. The van der Waals surface area contributed by atoms with E-state index in [0.717, 1.165) is 0 Å². The van der Waals surface area contributed by atoms with E-state index in [1.54, 1.807) is 0 Å². The van der Waals surface area contributed by atoms with Crippen LogP contribution in [0, 0.1) is 0 Å². The number of nitrogens with one attached hydrogen (secondary N) is 1. The molecule has 1 N–H and O–H groups in total. The monoisotopic (exact) mass is 273 g/mol. The highest BCUT2D eigenvalue weighted by Gasteiger charge is 2.20. The molecule has 0 spiro atoms. The van der Waals surface area contributed by atoms with E-state index in [1.807, 2.05) is 0 Å². The maximum absolute atomic E-state index is 3.41. The van der Waals surface area contributed by atoms with E-state index >= 15 is 0 Å². The summed E-state index contributed by atoms with van der Waals surface area (Å²) in [5, 5.41) is 1.35. The molecule has 0 unspecified atom stereocenters. The average molecular weight is 273 g/mol. The van der Waals surface area contributed by atoms with Crippen LogP contribution in [0.4, 0.5) is 0 Å². The van der Waals surface area contributed by atoms with E-state index in [0.29, 0.717) is 0 Å². The normalized spacial score (nSPS) is 12.2. The van der Waals surface area contributed by atoms with Gasteiger partial charge in [0.1, 0.15) is 0 Å². The minimum Gasteiger partial charge on any atom is -0.361 e. The van der Waals surface area contributed by atoms with Gasteiger partial charge in [0, 0.05) is 17.1 Å². The number of aromatic amines is 1. The van der Waals surface area contributed by atoms with E-state index in [4.69, 9.17) is 0 Å². The molecule has 0 fully saturated rings. The third-order valence-electron chi connectivity index (χ3n) is 3.36. The second-order valence-corrected chi connectivity index (χ2v) is 7.67. The van der Waals surface area contributed by atoms with Crippen LogP contribution in [-0.4, -0.2) is 4.98 Å². The molecule has 0 aliphatic carbocycles. The molecule has 0 aliphatic rings. The number of H-pyrrole nitrogens is 1. The highest BCUT2D eigenvalue weighted by Crippen LogP contribution is 2.32. The van der Waals surface area contributed by atoms with Crippen molar-refractivity contribution in [3.8, 4) is 0 Å². The average Bonchev–Trinajstić information content (AvgIpc) is 2.70. The summed E-state index contributed by atoms with van der Waals surface area (Å²) in [5.41, 5.74) is 4.44. The summed E-state index contributed by atoms with van der Waals surface area (Å²) in [7, 11) is 0. The Hall–Kier alpha value is -1.24. The SMILES string of the molecule is CC(C)(C)c1ccc2c(C(C)(C)C)c[nH]c2c1.CCC. The van der Waals surface area contributed by atoms with Crippen LogP contribution in [0.1, 0.15) is 72.9 Å². The third kappa shape index (κ3) is 3.88. The van der Waals surface area contributed by atoms with E-state index < -0.39 is 0 Å². The summed E-state index contributed by atoms with van der Waals surface area (Å²) in [5.74, 6) is 0. The lowest BCUT2D eigenvalue weighted by molar-refractivity contribution is 0.590. The van der Waals surface area contributed by atoms with Gasteiger partial charge >= 0.3 is 0 Å². The quantitative estimate of drug-likeness (QED) is 0.590. The minimum atomic E-state index is 0.196. The first-order chi connectivity index (χ1) is 9.11. The second kappa shape index (κ2) is 6.03. The molecule has 0 atom stereocenters. The van der Waals surface area contributed by atoms with Crippen molar-refractivity contribution in [3.05, 3.63) is 35.5 Å². The van der Waals surface area contributed by atoms with Gasteiger partial charge in [0.2, 0.25) is 0 Å². The topological polar surface area (TPSA) is 15.8 Å². The Morgan fingerprint density at radius 3 is 1.90 bits per heavy atom. The lowest BCUT2D eigenvalue weighted by atomic mass is 9.84. The zero-order valence-corrected chi connectivity index (χ0v) is 14.5. The molecule has 0 saturated carbocycles. The largest absolute Gasteiger partial charge is 0.361 e. The Balaban J connectivity index is 0.000000612. The van der Waals surface area contributed by atoms with E-state index in [-0.39, 0.29) is 10.8 Å². The first-order valence-corrected chi connectivity index (χ1v) is 7.73. The minimum absolute atomic E-state index is 0.196. The fourth-order valence-electron chi connectivity index (χ4n) is 2.21. The summed E-state index contributed by atoms with van der Waals surface area (Å²) in [6.45, 7) is 17.8. The summed E-state index contributed by atoms with van der Waals surface area (Å²) in [6.07, 6.45) is 3.40. The Morgan fingerprint density at radius 2 is 1.45 bits per heavy atom. The van der Waals surface area contributed by atoms with Crippen molar-refractivity contribution in [2.75, 3.05) is 0 Å². The molecule has 0 radical (unpaired) electrons. The number of rotatable bonds is 0. The smallest absolute Gasteiger partial charge is 0.0459 e. The summed E-state index contributed by atoms with van der Waals surface area (Å²) < 4.78 is 0. The van der Waals surface area contributed by atoms with Gasteiger partial charge in [-0.15, -0.1) is 0 Å². The van der Waals surface area contributed by atoms with Gasteiger partial charge in [-0.3, -0.25) is 0 Å². The molecule has 1 nitrogen and oxygen atoms in total. The van der Waals surface area contributed by atoms with Crippen LogP contribution in [-0.2, 0) is 10.8 Å². The van der Waals surface area contributed by atoms with Crippen molar-refractivity contribution < 1.29 is 0 Å². The van der Waals surface area contributed by atoms with Gasteiger partial charge in [-0.25, -0.2) is 0 Å². The van der Waals surface area contributed by atoms with Gasteiger partial charge in [0.25, 0.3) is 0 Å². The lowest BCUT2D eigenvalue weighted by Gasteiger charge is -2.20. The molecule has 2 aromatic rings. The Labute approximate surface area is 124 Å². The molecule has 1 heterocycles. The second-order valence-electron chi connectivity index (χ2n) is 7.67. The standard InChI is InChI=1S/C16H23N.C3H8/c1-15(2,3)11-7-8-12-13(16(4,5)6)10-17-14(12)9-11;1-3-2/h7-10,17H,1-6H3;3H2,1-2H3. The van der Waals surface area contributed by atoms with Crippen LogP contribution in [0.25, 0.3) is 10.9 Å². The third-order valence-corrected chi connectivity index (χ3v) is 3.36. The van der Waals surface area contributed by atoms with Gasteiger partial charge in [-0.2, -0.15) is 0 Å². The van der Waals surface area contributed by atoms with E-state index in [1.165, 1.54) is 28.5 Å². The predicted molar refractivity (Wildman–Crippen MR) is 91.7 cm³/mol. The van der Waals surface area contributed by atoms with Crippen LogP contribution in [0.15, 0.2) is 24.4 Å². The van der Waals surface area contributed by atoms with Crippen LogP contribution in [0.2, 0.25) is 0 Å². The van der Waals surface area contributed by atoms with Crippen molar-refractivity contribution in [1.29, 1.82) is 0 Å². The first kappa shape index (κ1) is 16.8. The molecule has 0 saturated heterocycles. The van der Waals surface area contributed by atoms with Gasteiger partial charge in [0.15, 0.2) is 0 Å². The molecule has 1 aromatic heterocycles. The van der Waals surface area contributed by atoms with Crippen molar-refractivity contribution >= 4 is 10.9 Å². The molecule has 112 valence electrons. The van der Waals surface area contributed by atoms with Crippen LogP contribution in [0.3, 0.4) is 0 Å². The Bertz CT molecular complexity index is 547. The number of fused-ring (bicyclic) bond motifs is 1. The molecule has 1 heteroatoms. The highest BCUT2D eigenvalue weighted by atomic mass is 14.7. The lowest BCUT2D eigenvalue weighted by Crippen LogP contribution is -2.11. The molecule has 0 aliphatic heterocycles. The zero-order valence-electron chi connectivity index (χ0n) is 14.5. The number of aromatic nitrogens is 1. The zero-order chi connectivity index (χ0) is 15.6. The molecule has 0 bridgehead atoms. The molecule has 0 amide bonds. The van der Waals surface area contributed by atoms with E-state index in [2.05, 4.69) is 84.8 Å². The molecular weight excluding hydrogens is 242 g/mol. The molecule has 20 heavy (non-hydrogen) atoms. The number of hydrogen-bond donors (Lipinski definition) is 1. The molecule has 1 aromatic carbocycles. The fraction of sp³-hybridized carbons (Fsp3) is 0.579. The van der Waals surface area contributed by atoms with Crippen LogP contribution >= 0.6 is 0 Å². The van der Waals surface area contributed by atoms with Gasteiger partial charge in [0.05, 0.1) is 0 Å². The Kier molecular flexibility index (Phi) is 5.07. The van der Waals surface area contributed by atoms with Crippen molar-refractivity contribution in [2.24, 2.45) is 0 Å². The number of benzene rings is 1. The van der Waals surface area contributed by atoms with E-state index in [9.17, 15) is 0 Å². The number of hydrogen-bond acceptors (Lipinski definition) is 0. The van der Waals surface area contributed by atoms with Crippen molar-refractivity contribution in [2.45, 2.75) is 72.6 Å². The van der Waals surface area contributed by atoms with Crippen molar-refractivity contribution in [1.82, 2.24) is 4.98 Å². The van der Waals surface area contributed by atoms with Crippen LogP contribution in [0.5, 0.6) is 0 Å². The summed E-state index contributed by atoms with van der Waals surface area (Å²) >= 11 is 0. The predicted octanol–water partition coefficient (Wildman–Crippen LogP) is 6.18. The van der Waals surface area contributed by atoms with Crippen LogP contribution < -0.4 is 0 Å². The summed E-state index contributed by atoms with van der Waals surface area (Å²) in [4.78, 5) is 3.41. The maximum atomic E-state index is 3.41. The van der Waals surface area contributed by atoms with Gasteiger partial charge < -0.3 is 4.98 Å². The fourth-order valence-corrected chi connectivity index (χ4v) is 2.21. The van der Waals surface area contributed by atoms with Gasteiger partial charge in [-0.1, -0.05) is 73.9 Å². The molecular formula is C19H31N. The molecule has 2 rings (SSSR count). The first-order valence-electron chi connectivity index (χ1n) is 7.73. The summed E-state index contributed by atoms with van der Waals surface area (Å²) in [6, 6.07) is 6.79. The van der Waals surface area contributed by atoms with Crippen molar-refractivity contribution in [3.63, 3.8) is 0 Å². The van der Waals surface area contributed by atoms with Gasteiger partial charge in [-0.05, 0) is 28.0 Å².